The van der Waals surface area contributed by atoms with E-state index >= 15 is 0 Å². The van der Waals surface area contributed by atoms with Crippen LogP contribution in [0.1, 0.15) is 0 Å². The van der Waals surface area contributed by atoms with E-state index in [-0.39, 0.29) is 0 Å². The number of halogens is 1. The number of hydrogen-bond donors (Lipinski definition) is 0. The van der Waals surface area contributed by atoms with Gasteiger partial charge in [-0.05, 0) is 23.8 Å². The van der Waals surface area contributed by atoms with E-state index in [1.54, 1.807) is 0 Å². The molecule has 128 valence electrons. The van der Waals surface area contributed by atoms with E-state index in [4.69, 9.17) is 20.4 Å². The summed E-state index contributed by atoms with van der Waals surface area (Å²) in [6, 6.07) is 26.4. The molecule has 2 nitrogen and oxygen atoms in total. The molecule has 2 aromatic heterocycles. The molecule has 6 aromatic rings. The van der Waals surface area contributed by atoms with Crippen molar-refractivity contribution < 1.29 is 8.83 Å². The summed E-state index contributed by atoms with van der Waals surface area (Å²) in [5, 5.41) is 4.93. The Balaban J connectivity index is 1.79. The zero-order valence-electron chi connectivity index (χ0n) is 14.2. The van der Waals surface area contributed by atoms with E-state index in [0.29, 0.717) is 5.02 Å². The van der Waals surface area contributed by atoms with Crippen LogP contribution >= 0.6 is 11.6 Å². The Morgan fingerprint density at radius 2 is 1.19 bits per heavy atom. The number of furan rings is 2. The molecule has 4 aromatic carbocycles. The van der Waals surface area contributed by atoms with Gasteiger partial charge in [0.1, 0.15) is 16.7 Å². The zero-order valence-corrected chi connectivity index (χ0v) is 15.0. The first-order valence-electron chi connectivity index (χ1n) is 8.81. The molecule has 0 fully saturated rings. The Bertz CT molecular complexity index is 1490. The lowest BCUT2D eigenvalue weighted by molar-refractivity contribution is 0.668. The molecule has 0 N–H and O–H groups in total. The molecule has 0 unspecified atom stereocenters. The summed E-state index contributed by atoms with van der Waals surface area (Å²) in [4.78, 5) is 0. The Hall–Kier alpha value is -3.23. The highest BCUT2D eigenvalue weighted by atomic mass is 35.5. The Morgan fingerprint density at radius 3 is 2.11 bits per heavy atom. The van der Waals surface area contributed by atoms with Crippen molar-refractivity contribution in [2.45, 2.75) is 0 Å². The summed E-state index contributed by atoms with van der Waals surface area (Å²) in [6.45, 7) is 0. The van der Waals surface area contributed by atoms with Crippen molar-refractivity contribution in [3.8, 4) is 11.1 Å². The maximum Gasteiger partial charge on any atom is 0.154 e. The van der Waals surface area contributed by atoms with Crippen LogP contribution in [0.2, 0.25) is 5.02 Å². The fraction of sp³-hybridized carbons (Fsp3) is 0. The van der Waals surface area contributed by atoms with Crippen LogP contribution in [0.3, 0.4) is 0 Å². The van der Waals surface area contributed by atoms with Gasteiger partial charge in [-0.15, -0.1) is 0 Å². The number of rotatable bonds is 1. The predicted molar refractivity (Wildman–Crippen MR) is 111 cm³/mol. The molecule has 0 saturated heterocycles. The maximum atomic E-state index is 6.37. The van der Waals surface area contributed by atoms with Crippen LogP contribution in [0, 0.1) is 0 Å². The van der Waals surface area contributed by atoms with Crippen LogP contribution in [0.5, 0.6) is 0 Å². The molecule has 2 heterocycles. The second-order valence-electron chi connectivity index (χ2n) is 6.68. The van der Waals surface area contributed by atoms with E-state index in [1.165, 1.54) is 0 Å². The Kier molecular flexibility index (Phi) is 2.97. The van der Waals surface area contributed by atoms with Gasteiger partial charge in [0.2, 0.25) is 0 Å². The van der Waals surface area contributed by atoms with E-state index < -0.39 is 0 Å². The number of benzene rings is 4. The number of hydrogen-bond acceptors (Lipinski definition) is 2. The van der Waals surface area contributed by atoms with Crippen LogP contribution in [-0.2, 0) is 0 Å². The van der Waals surface area contributed by atoms with Crippen LogP contribution in [-0.4, -0.2) is 0 Å². The van der Waals surface area contributed by atoms with Crippen molar-refractivity contribution >= 4 is 55.5 Å². The normalized spacial score (nSPS) is 11.9. The van der Waals surface area contributed by atoms with Crippen molar-refractivity contribution in [1.29, 1.82) is 0 Å². The van der Waals surface area contributed by atoms with E-state index in [2.05, 4.69) is 30.3 Å². The summed E-state index contributed by atoms with van der Waals surface area (Å²) >= 11 is 6.37. The van der Waals surface area contributed by atoms with Gasteiger partial charge in [-0.1, -0.05) is 72.3 Å². The highest BCUT2D eigenvalue weighted by molar-refractivity contribution is 6.36. The Labute approximate surface area is 159 Å². The van der Waals surface area contributed by atoms with Gasteiger partial charge in [0, 0.05) is 27.1 Å². The van der Waals surface area contributed by atoms with Gasteiger partial charge in [-0.3, -0.25) is 0 Å². The molecular weight excluding hydrogens is 356 g/mol. The van der Waals surface area contributed by atoms with Crippen LogP contribution in [0.25, 0.3) is 55.0 Å². The van der Waals surface area contributed by atoms with Crippen LogP contribution in [0.15, 0.2) is 87.7 Å². The SMILES string of the molecule is Clc1cccc2c1oc1c(-c3cccc4oc5ccccc5c34)cccc12. The number of para-hydroxylation sites is 3. The zero-order chi connectivity index (χ0) is 18.0. The highest BCUT2D eigenvalue weighted by Gasteiger charge is 2.17. The smallest absolute Gasteiger partial charge is 0.154 e. The van der Waals surface area contributed by atoms with Gasteiger partial charge in [0.05, 0.1) is 5.02 Å². The summed E-state index contributed by atoms with van der Waals surface area (Å²) in [5.74, 6) is 0. The minimum absolute atomic E-state index is 0.626. The molecule has 0 saturated carbocycles. The van der Waals surface area contributed by atoms with Crippen LogP contribution < -0.4 is 0 Å². The van der Waals surface area contributed by atoms with Gasteiger partial charge >= 0.3 is 0 Å². The molecular formula is C24H13ClO2. The minimum atomic E-state index is 0.626. The van der Waals surface area contributed by atoms with Gasteiger partial charge < -0.3 is 8.83 Å². The molecule has 0 amide bonds. The fourth-order valence-corrected chi connectivity index (χ4v) is 4.21. The molecule has 0 atom stereocenters. The van der Waals surface area contributed by atoms with Gasteiger partial charge in [-0.25, -0.2) is 0 Å². The molecule has 3 heteroatoms. The minimum Gasteiger partial charge on any atom is -0.456 e. The van der Waals surface area contributed by atoms with Gasteiger partial charge in [0.25, 0.3) is 0 Å². The lowest BCUT2D eigenvalue weighted by Crippen LogP contribution is -1.80. The molecule has 0 aliphatic carbocycles. The monoisotopic (exact) mass is 368 g/mol. The predicted octanol–water partition coefficient (Wildman–Crippen LogP) is 7.81. The first kappa shape index (κ1) is 14.9. The molecule has 27 heavy (non-hydrogen) atoms. The maximum absolute atomic E-state index is 6.37. The third kappa shape index (κ3) is 2.02. The van der Waals surface area contributed by atoms with E-state index in [1.807, 2.05) is 48.5 Å². The molecule has 0 aliphatic rings. The second-order valence-corrected chi connectivity index (χ2v) is 7.08. The fourth-order valence-electron chi connectivity index (χ4n) is 4.00. The summed E-state index contributed by atoms with van der Waals surface area (Å²) in [6.07, 6.45) is 0. The van der Waals surface area contributed by atoms with Crippen molar-refractivity contribution in [3.63, 3.8) is 0 Å². The molecule has 0 bridgehead atoms. The topological polar surface area (TPSA) is 26.3 Å². The largest absolute Gasteiger partial charge is 0.456 e. The lowest BCUT2D eigenvalue weighted by atomic mass is 9.97. The highest BCUT2D eigenvalue weighted by Crippen LogP contribution is 2.42. The average molecular weight is 369 g/mol. The molecule has 6 rings (SSSR count). The second kappa shape index (κ2) is 5.38. The average Bonchev–Trinajstić information content (AvgIpc) is 3.27. The van der Waals surface area contributed by atoms with E-state index in [9.17, 15) is 0 Å². The third-order valence-electron chi connectivity index (χ3n) is 5.17. The van der Waals surface area contributed by atoms with Gasteiger partial charge in [0.15, 0.2) is 5.58 Å². The summed E-state index contributed by atoms with van der Waals surface area (Å²) in [7, 11) is 0. The lowest BCUT2D eigenvalue weighted by Gasteiger charge is -2.05. The Morgan fingerprint density at radius 1 is 0.519 bits per heavy atom. The molecule has 0 spiro atoms. The first-order valence-corrected chi connectivity index (χ1v) is 9.19. The number of fused-ring (bicyclic) bond motifs is 6. The third-order valence-corrected chi connectivity index (χ3v) is 5.47. The van der Waals surface area contributed by atoms with Crippen molar-refractivity contribution in [3.05, 3.63) is 83.9 Å². The summed E-state index contributed by atoms with van der Waals surface area (Å²) < 4.78 is 12.3. The standard InChI is InChI=1S/C24H13ClO2/c25-19-11-4-10-17-16-9-3-8-15(23(16)27-24(17)19)14-7-5-13-21-22(14)18-6-1-2-12-20(18)26-21/h1-13H. The molecule has 0 aliphatic heterocycles. The first-order chi connectivity index (χ1) is 13.3. The van der Waals surface area contributed by atoms with Crippen molar-refractivity contribution in [1.82, 2.24) is 0 Å². The summed E-state index contributed by atoms with van der Waals surface area (Å²) in [5.41, 5.74) is 5.47. The molecule has 0 radical (unpaired) electrons. The van der Waals surface area contributed by atoms with E-state index in [0.717, 1.165) is 55.0 Å². The van der Waals surface area contributed by atoms with Crippen LogP contribution in [0.4, 0.5) is 0 Å². The van der Waals surface area contributed by atoms with Gasteiger partial charge in [-0.2, -0.15) is 0 Å². The van der Waals surface area contributed by atoms with Crippen molar-refractivity contribution in [2.75, 3.05) is 0 Å². The van der Waals surface area contributed by atoms with Crippen molar-refractivity contribution in [2.24, 2.45) is 0 Å². The quantitative estimate of drug-likeness (QED) is 0.296.